The average Bonchev–Trinajstić information content (AvgIpc) is 3.05. The first-order chi connectivity index (χ1) is 12.1. The van der Waals surface area contributed by atoms with Gasteiger partial charge in [0, 0.05) is 40.3 Å². The first kappa shape index (κ1) is 21.7. The summed E-state index contributed by atoms with van der Waals surface area (Å²) in [7, 11) is 3.69. The maximum atomic E-state index is 12.2. The lowest BCUT2D eigenvalue weighted by Gasteiger charge is -2.25. The van der Waals surface area contributed by atoms with Crippen LogP contribution in [-0.4, -0.2) is 74.5 Å². The molecule has 1 rings (SSSR count). The highest BCUT2D eigenvalue weighted by Crippen LogP contribution is 2.18. The van der Waals surface area contributed by atoms with E-state index < -0.39 is 0 Å². The van der Waals surface area contributed by atoms with Crippen LogP contribution < -0.4 is 10.6 Å². The lowest BCUT2D eigenvalue weighted by Crippen LogP contribution is -2.43. The highest BCUT2D eigenvalue weighted by Gasteiger charge is 2.30. The number of likely N-dealkylation sites (N-methyl/N-ethyl adjacent to an activating group) is 1. The van der Waals surface area contributed by atoms with Gasteiger partial charge >= 0.3 is 0 Å². The molecule has 25 heavy (non-hydrogen) atoms. The van der Waals surface area contributed by atoms with E-state index in [0.29, 0.717) is 0 Å². The molecule has 0 saturated carbocycles. The predicted molar refractivity (Wildman–Crippen MR) is 106 cm³/mol. The molecule has 1 unspecified atom stereocenters. The number of hydrogen-bond acceptors (Lipinski definition) is 3. The summed E-state index contributed by atoms with van der Waals surface area (Å²) in [6.45, 7) is 8.96. The Morgan fingerprint density at radius 3 is 2.64 bits per heavy atom. The smallest absolute Gasteiger partial charge is 0.239 e. The van der Waals surface area contributed by atoms with Gasteiger partial charge in [0.15, 0.2) is 5.96 Å². The van der Waals surface area contributed by atoms with E-state index in [1.54, 1.807) is 4.90 Å². The van der Waals surface area contributed by atoms with Crippen LogP contribution in [0.3, 0.4) is 0 Å². The van der Waals surface area contributed by atoms with Crippen LogP contribution in [0.25, 0.3) is 0 Å². The van der Waals surface area contributed by atoms with E-state index in [0.717, 1.165) is 57.9 Å². The molecule has 0 spiro atoms. The number of unbranched alkanes of at least 4 members (excludes halogenated alkanes) is 3. The molecule has 2 N–H and O–H groups in total. The Morgan fingerprint density at radius 1 is 1.16 bits per heavy atom. The summed E-state index contributed by atoms with van der Waals surface area (Å²) >= 11 is 0. The van der Waals surface area contributed by atoms with E-state index in [1.165, 1.54) is 25.7 Å². The van der Waals surface area contributed by atoms with Gasteiger partial charge in [0.05, 0.1) is 6.04 Å². The Hall–Kier alpha value is -1.30. The largest absolute Gasteiger partial charge is 0.357 e. The van der Waals surface area contributed by atoms with Crippen LogP contribution in [0.15, 0.2) is 4.99 Å². The van der Waals surface area contributed by atoms with Crippen LogP contribution >= 0.6 is 0 Å². The van der Waals surface area contributed by atoms with E-state index in [-0.39, 0.29) is 11.9 Å². The van der Waals surface area contributed by atoms with Crippen LogP contribution in [0.4, 0.5) is 0 Å². The number of nitrogens with one attached hydrogen (secondary N) is 2. The van der Waals surface area contributed by atoms with E-state index in [4.69, 9.17) is 0 Å². The second-order valence-corrected chi connectivity index (χ2v) is 7.03. The summed E-state index contributed by atoms with van der Waals surface area (Å²) in [4.78, 5) is 20.9. The molecule has 1 amide bonds. The molecule has 0 aromatic heterocycles. The van der Waals surface area contributed by atoms with Gasteiger partial charge in [-0.2, -0.15) is 0 Å². The lowest BCUT2D eigenvalue weighted by atomic mass is 10.2. The standard InChI is InChI=1S/C19H39N5O/c1-5-7-8-9-13-21-19(20-6-2)22-14-11-16-24-15-10-12-17(24)18(25)23(3)4/h17H,5-16H2,1-4H3,(H2,20,21,22). The molecule has 0 radical (unpaired) electrons. The minimum Gasteiger partial charge on any atom is -0.357 e. The minimum absolute atomic E-state index is 0.0731. The molecule has 0 aromatic rings. The van der Waals surface area contributed by atoms with Gasteiger partial charge in [0.1, 0.15) is 0 Å². The zero-order valence-corrected chi connectivity index (χ0v) is 16.8. The first-order valence-corrected chi connectivity index (χ1v) is 10.1. The fraction of sp³-hybridized carbons (Fsp3) is 0.895. The Bertz CT molecular complexity index is 397. The number of nitrogens with zero attached hydrogens (tertiary/aromatic N) is 3. The predicted octanol–water partition coefficient (Wildman–Crippen LogP) is 2.06. The van der Waals surface area contributed by atoms with Crippen LogP contribution in [0.1, 0.15) is 58.8 Å². The fourth-order valence-corrected chi connectivity index (χ4v) is 3.24. The molecule has 1 saturated heterocycles. The molecule has 1 atom stereocenters. The number of hydrogen-bond donors (Lipinski definition) is 2. The van der Waals surface area contributed by atoms with Gasteiger partial charge in [-0.15, -0.1) is 0 Å². The van der Waals surface area contributed by atoms with Crippen molar-refractivity contribution < 1.29 is 4.79 Å². The monoisotopic (exact) mass is 353 g/mol. The Kier molecular flexibility index (Phi) is 11.3. The molecule has 146 valence electrons. The van der Waals surface area contributed by atoms with Gasteiger partial charge in [-0.25, -0.2) is 0 Å². The summed E-state index contributed by atoms with van der Waals surface area (Å²) in [6.07, 6.45) is 8.14. The lowest BCUT2D eigenvalue weighted by molar-refractivity contribution is -0.133. The van der Waals surface area contributed by atoms with Crippen LogP contribution in [0, 0.1) is 0 Å². The topological polar surface area (TPSA) is 60.0 Å². The number of amides is 1. The maximum Gasteiger partial charge on any atom is 0.239 e. The molecule has 6 nitrogen and oxygen atoms in total. The van der Waals surface area contributed by atoms with E-state index in [2.05, 4.69) is 34.4 Å². The van der Waals surface area contributed by atoms with Gasteiger partial charge < -0.3 is 15.5 Å². The number of guanidine groups is 1. The molecule has 6 heteroatoms. The minimum atomic E-state index is 0.0731. The van der Waals surface area contributed by atoms with Gasteiger partial charge in [0.25, 0.3) is 0 Å². The first-order valence-electron chi connectivity index (χ1n) is 10.1. The van der Waals surface area contributed by atoms with Crippen LogP contribution in [-0.2, 0) is 4.79 Å². The summed E-state index contributed by atoms with van der Waals surface area (Å²) in [5.74, 6) is 1.16. The van der Waals surface area contributed by atoms with E-state index >= 15 is 0 Å². The van der Waals surface area contributed by atoms with Crippen molar-refractivity contribution in [3.63, 3.8) is 0 Å². The zero-order chi connectivity index (χ0) is 18.5. The number of carbonyl (C=O) groups excluding carboxylic acids is 1. The zero-order valence-electron chi connectivity index (χ0n) is 16.8. The Balaban J connectivity index is 2.31. The second kappa shape index (κ2) is 13.0. The van der Waals surface area contributed by atoms with Crippen molar-refractivity contribution in [2.75, 3.05) is 46.8 Å². The summed E-state index contributed by atoms with van der Waals surface area (Å²) < 4.78 is 0. The van der Waals surface area contributed by atoms with Gasteiger partial charge in [-0.1, -0.05) is 26.2 Å². The summed E-state index contributed by atoms with van der Waals surface area (Å²) in [5.41, 5.74) is 0. The third kappa shape index (κ3) is 8.56. The summed E-state index contributed by atoms with van der Waals surface area (Å²) in [6, 6.07) is 0.0731. The molecule has 1 aliphatic heterocycles. The number of likely N-dealkylation sites (tertiary alicyclic amines) is 1. The summed E-state index contributed by atoms with van der Waals surface area (Å²) in [5, 5.41) is 6.72. The van der Waals surface area contributed by atoms with Crippen LogP contribution in [0.5, 0.6) is 0 Å². The molecular formula is C19H39N5O. The van der Waals surface area contributed by atoms with Crippen molar-refractivity contribution in [3.8, 4) is 0 Å². The van der Waals surface area contributed by atoms with Crippen molar-refractivity contribution in [3.05, 3.63) is 0 Å². The number of aliphatic imine (C=N–C) groups is 1. The quantitative estimate of drug-likeness (QED) is 0.339. The Labute approximate surface area is 154 Å². The number of carbonyl (C=O) groups is 1. The SMILES string of the molecule is CCCCCCNC(=NCCCN1CCCC1C(=O)N(C)C)NCC. The van der Waals surface area contributed by atoms with Crippen molar-refractivity contribution in [1.29, 1.82) is 0 Å². The van der Waals surface area contributed by atoms with Crippen molar-refractivity contribution in [2.24, 2.45) is 4.99 Å². The van der Waals surface area contributed by atoms with Gasteiger partial charge in [-0.3, -0.25) is 14.7 Å². The maximum absolute atomic E-state index is 12.2. The number of rotatable bonds is 11. The van der Waals surface area contributed by atoms with Crippen LogP contribution in [0.2, 0.25) is 0 Å². The third-order valence-corrected chi connectivity index (χ3v) is 4.63. The van der Waals surface area contributed by atoms with Gasteiger partial charge in [0.2, 0.25) is 5.91 Å². The van der Waals surface area contributed by atoms with E-state index in [9.17, 15) is 4.79 Å². The van der Waals surface area contributed by atoms with Crippen molar-refractivity contribution in [1.82, 2.24) is 20.4 Å². The molecule has 1 heterocycles. The molecule has 0 bridgehead atoms. The third-order valence-electron chi connectivity index (χ3n) is 4.63. The second-order valence-electron chi connectivity index (χ2n) is 7.03. The van der Waals surface area contributed by atoms with Crippen molar-refractivity contribution >= 4 is 11.9 Å². The fourth-order valence-electron chi connectivity index (χ4n) is 3.24. The Morgan fingerprint density at radius 2 is 1.96 bits per heavy atom. The highest BCUT2D eigenvalue weighted by atomic mass is 16.2. The molecule has 0 aliphatic carbocycles. The molecule has 1 aliphatic rings. The molecular weight excluding hydrogens is 314 g/mol. The normalized spacial score (nSPS) is 18.4. The van der Waals surface area contributed by atoms with Crippen molar-refractivity contribution in [2.45, 2.75) is 64.8 Å². The van der Waals surface area contributed by atoms with Gasteiger partial charge in [-0.05, 0) is 39.2 Å². The molecule has 1 fully saturated rings. The molecule has 0 aromatic carbocycles. The highest BCUT2D eigenvalue weighted by molar-refractivity contribution is 5.81. The average molecular weight is 354 g/mol. The van der Waals surface area contributed by atoms with E-state index in [1.807, 2.05) is 14.1 Å².